The number of aromatic nitrogens is 4. The Morgan fingerprint density at radius 1 is 1.39 bits per heavy atom. The van der Waals surface area contributed by atoms with Crippen LogP contribution in [-0.4, -0.2) is 43.6 Å². The number of nitrogens with zero attached hydrogens (tertiary/aromatic N) is 4. The molecule has 0 saturated carbocycles. The molecular weight excluding hydrogens is 412 g/mol. The van der Waals surface area contributed by atoms with Crippen LogP contribution in [0.3, 0.4) is 0 Å². The van der Waals surface area contributed by atoms with E-state index in [4.69, 9.17) is 12.2 Å². The summed E-state index contributed by atoms with van der Waals surface area (Å²) in [6.07, 6.45) is 2.48. The number of H-pyrrole nitrogens is 1. The van der Waals surface area contributed by atoms with E-state index in [1.165, 1.54) is 24.2 Å². The highest BCUT2D eigenvalue weighted by Gasteiger charge is 2.18. The summed E-state index contributed by atoms with van der Waals surface area (Å²) in [6.45, 7) is 5.48. The van der Waals surface area contributed by atoms with Crippen LogP contribution < -0.4 is 5.32 Å². The highest BCUT2D eigenvalue weighted by atomic mass is 32.1. The zero-order valence-corrected chi connectivity index (χ0v) is 18.0. The summed E-state index contributed by atoms with van der Waals surface area (Å²) in [4.78, 5) is 20.5. The molecule has 0 atom stereocenters. The number of rotatable bonds is 6. The minimum Gasteiger partial charge on any atom is -0.300 e. The number of nitrogens with one attached hydrogen (secondary N) is 2. The molecule has 4 rings (SSSR count). The second-order valence-electron chi connectivity index (χ2n) is 7.07. The van der Waals surface area contributed by atoms with Gasteiger partial charge in [0.05, 0.1) is 10.6 Å². The van der Waals surface area contributed by atoms with Gasteiger partial charge in [0.25, 0.3) is 0 Å². The van der Waals surface area contributed by atoms with Crippen LogP contribution in [0, 0.1) is 10.7 Å². The van der Waals surface area contributed by atoms with Gasteiger partial charge in [-0.1, -0.05) is 13.0 Å². The van der Waals surface area contributed by atoms with Crippen molar-refractivity contribution in [1.82, 2.24) is 24.6 Å². The molecule has 0 unspecified atom stereocenters. The Kier molecular flexibility index (Phi) is 6.00. The lowest BCUT2D eigenvalue weighted by atomic mass is 9.99. The minimum atomic E-state index is -0.164. The maximum absolute atomic E-state index is 12.5. The van der Waals surface area contributed by atoms with E-state index in [0.717, 1.165) is 36.1 Å². The molecule has 4 heterocycles. The van der Waals surface area contributed by atoms with Gasteiger partial charge in [-0.2, -0.15) is 5.10 Å². The number of carbonyl (C=O) groups is 1. The van der Waals surface area contributed by atoms with Crippen LogP contribution in [0.5, 0.6) is 0 Å². The van der Waals surface area contributed by atoms with Crippen molar-refractivity contribution < 1.29 is 4.79 Å². The van der Waals surface area contributed by atoms with Gasteiger partial charge >= 0.3 is 0 Å². The number of hydrogen-bond donors (Lipinski definition) is 2. The fraction of sp³-hybridized carbons (Fsp3) is 0.444. The first-order valence-electron chi connectivity index (χ1n) is 9.24. The summed E-state index contributed by atoms with van der Waals surface area (Å²) in [5.74, 6) is 1.33. The summed E-state index contributed by atoms with van der Waals surface area (Å²) in [7, 11) is 0. The summed E-state index contributed by atoms with van der Waals surface area (Å²) >= 11 is 8.30. The molecule has 0 aromatic carbocycles. The second kappa shape index (κ2) is 8.64. The lowest BCUT2D eigenvalue weighted by molar-refractivity contribution is -0.116. The quantitative estimate of drug-likeness (QED) is 0.574. The molecule has 0 aliphatic carbocycles. The number of amides is 1. The van der Waals surface area contributed by atoms with Crippen LogP contribution in [0.1, 0.15) is 25.5 Å². The Morgan fingerprint density at radius 3 is 2.96 bits per heavy atom. The number of carbonyl (C=O) groups excluding carboxylic acids is 1. The third kappa shape index (κ3) is 4.57. The highest BCUT2D eigenvalue weighted by molar-refractivity contribution is 7.71. The zero-order chi connectivity index (χ0) is 19.5. The predicted molar refractivity (Wildman–Crippen MR) is 115 cm³/mol. The van der Waals surface area contributed by atoms with Crippen molar-refractivity contribution in [3.8, 4) is 10.7 Å². The zero-order valence-electron chi connectivity index (χ0n) is 15.6. The average Bonchev–Trinajstić information content (AvgIpc) is 3.41. The SMILES string of the molecule is CC1CCN(Cc2csc(NC(=O)Cn3c(-c4cccs4)n[nH]c3=S)n2)CC1. The summed E-state index contributed by atoms with van der Waals surface area (Å²) in [5, 5.41) is 14.5. The van der Waals surface area contributed by atoms with Gasteiger partial charge in [-0.3, -0.25) is 19.4 Å². The minimum absolute atomic E-state index is 0.0987. The van der Waals surface area contributed by atoms with E-state index < -0.39 is 0 Å². The van der Waals surface area contributed by atoms with Crippen molar-refractivity contribution in [2.75, 3.05) is 18.4 Å². The van der Waals surface area contributed by atoms with Gasteiger partial charge in [0, 0.05) is 11.9 Å². The maximum atomic E-state index is 12.5. The smallest absolute Gasteiger partial charge is 0.246 e. The molecule has 7 nitrogen and oxygen atoms in total. The van der Waals surface area contributed by atoms with Crippen molar-refractivity contribution in [3.63, 3.8) is 0 Å². The molecule has 0 radical (unpaired) electrons. The third-order valence-corrected chi connectivity index (χ3v) is 6.85. The highest BCUT2D eigenvalue weighted by Crippen LogP contribution is 2.23. The summed E-state index contributed by atoms with van der Waals surface area (Å²) in [5.41, 5.74) is 1.01. The van der Waals surface area contributed by atoms with Crippen molar-refractivity contribution in [2.45, 2.75) is 32.9 Å². The number of aromatic amines is 1. The van der Waals surface area contributed by atoms with E-state index in [-0.39, 0.29) is 12.5 Å². The molecule has 1 saturated heterocycles. The first-order valence-corrected chi connectivity index (χ1v) is 11.4. The number of piperidine rings is 1. The molecule has 1 amide bonds. The van der Waals surface area contributed by atoms with Crippen molar-refractivity contribution >= 4 is 45.9 Å². The third-order valence-electron chi connectivity index (χ3n) is 4.86. The lowest BCUT2D eigenvalue weighted by Gasteiger charge is -2.29. The average molecular weight is 435 g/mol. The van der Waals surface area contributed by atoms with Gasteiger partial charge in [0.15, 0.2) is 15.7 Å². The van der Waals surface area contributed by atoms with Crippen molar-refractivity contribution in [3.05, 3.63) is 33.4 Å². The number of hydrogen-bond acceptors (Lipinski definition) is 7. The van der Waals surface area contributed by atoms with Gasteiger partial charge in [-0.25, -0.2) is 4.98 Å². The summed E-state index contributed by atoms with van der Waals surface area (Å²) in [6, 6.07) is 3.90. The predicted octanol–water partition coefficient (Wildman–Crippen LogP) is 4.00. The molecule has 1 aliphatic rings. The topological polar surface area (TPSA) is 78.8 Å². The van der Waals surface area contributed by atoms with Crippen LogP contribution in [0.15, 0.2) is 22.9 Å². The molecule has 2 N–H and O–H groups in total. The molecule has 148 valence electrons. The van der Waals surface area contributed by atoms with Crippen molar-refractivity contribution in [1.29, 1.82) is 0 Å². The van der Waals surface area contributed by atoms with E-state index in [1.807, 2.05) is 22.9 Å². The number of likely N-dealkylation sites (tertiary alicyclic amines) is 1. The first kappa shape index (κ1) is 19.4. The van der Waals surface area contributed by atoms with Crippen LogP contribution in [0.2, 0.25) is 0 Å². The van der Waals surface area contributed by atoms with Crippen LogP contribution in [-0.2, 0) is 17.9 Å². The molecule has 3 aromatic rings. The van der Waals surface area contributed by atoms with Gasteiger partial charge < -0.3 is 5.32 Å². The molecule has 1 aliphatic heterocycles. The van der Waals surface area contributed by atoms with Crippen molar-refractivity contribution in [2.24, 2.45) is 5.92 Å². The standard InChI is InChI=1S/C18H22N6OS3/c1-12-4-6-23(7-5-12)9-13-11-28-17(19-13)20-15(25)10-24-16(21-22-18(24)26)14-3-2-8-27-14/h2-3,8,11-12H,4-7,9-10H2,1H3,(H,22,26)(H,19,20,25). The normalized spacial score (nSPS) is 15.8. The molecule has 1 fully saturated rings. The van der Waals surface area contributed by atoms with Gasteiger partial charge in [0.2, 0.25) is 5.91 Å². The Balaban J connectivity index is 1.37. The van der Waals surface area contributed by atoms with E-state index in [2.05, 4.69) is 32.3 Å². The maximum Gasteiger partial charge on any atom is 0.246 e. The molecule has 0 spiro atoms. The Labute approximate surface area is 176 Å². The van der Waals surface area contributed by atoms with Gasteiger partial charge in [-0.15, -0.1) is 22.7 Å². The first-order chi connectivity index (χ1) is 13.6. The monoisotopic (exact) mass is 434 g/mol. The van der Waals surface area contributed by atoms with Crippen LogP contribution in [0.4, 0.5) is 5.13 Å². The van der Waals surface area contributed by atoms with E-state index in [1.54, 1.807) is 15.9 Å². The molecule has 0 bridgehead atoms. The molecule has 3 aromatic heterocycles. The van der Waals surface area contributed by atoms with E-state index in [0.29, 0.717) is 15.7 Å². The number of thiazole rings is 1. The van der Waals surface area contributed by atoms with Gasteiger partial charge in [0.1, 0.15) is 6.54 Å². The second-order valence-corrected chi connectivity index (χ2v) is 9.26. The molecule has 28 heavy (non-hydrogen) atoms. The van der Waals surface area contributed by atoms with E-state index >= 15 is 0 Å². The largest absolute Gasteiger partial charge is 0.300 e. The lowest BCUT2D eigenvalue weighted by Crippen LogP contribution is -2.32. The Bertz CT molecular complexity index is 981. The fourth-order valence-corrected chi connectivity index (χ4v) is 4.88. The summed E-state index contributed by atoms with van der Waals surface area (Å²) < 4.78 is 2.14. The van der Waals surface area contributed by atoms with Crippen LogP contribution >= 0.6 is 34.9 Å². The molecular formula is C18H22N6OS3. The Hall–Kier alpha value is -1.88. The Morgan fingerprint density at radius 2 is 2.21 bits per heavy atom. The fourth-order valence-electron chi connectivity index (χ4n) is 3.25. The molecule has 10 heteroatoms. The number of thiophene rings is 1. The van der Waals surface area contributed by atoms with Gasteiger partial charge in [-0.05, 0) is 55.5 Å². The van der Waals surface area contributed by atoms with E-state index in [9.17, 15) is 4.79 Å². The van der Waals surface area contributed by atoms with Crippen LogP contribution in [0.25, 0.3) is 10.7 Å². The number of anilines is 1.